The molecule has 2 aromatic rings. The third kappa shape index (κ3) is 3.08. The van der Waals surface area contributed by atoms with Crippen LogP contribution < -0.4 is 10.2 Å². The molecule has 2 amide bonds. The lowest BCUT2D eigenvalue weighted by Gasteiger charge is -2.16. The summed E-state index contributed by atoms with van der Waals surface area (Å²) in [7, 11) is 0. The van der Waals surface area contributed by atoms with Crippen molar-refractivity contribution in [1.82, 2.24) is 15.3 Å². The first-order chi connectivity index (χ1) is 10.2. The number of amides is 2. The smallest absolute Gasteiger partial charge is 0.271 e. The fourth-order valence-electron chi connectivity index (χ4n) is 2.24. The van der Waals surface area contributed by atoms with Crippen molar-refractivity contribution in [2.75, 3.05) is 11.4 Å². The zero-order valence-corrected chi connectivity index (χ0v) is 12.1. The summed E-state index contributed by atoms with van der Waals surface area (Å²) in [4.78, 5) is 33.4. The number of nitrogens with one attached hydrogen (secondary N) is 1. The van der Waals surface area contributed by atoms with E-state index in [1.807, 2.05) is 6.07 Å². The average Bonchev–Trinajstić information content (AvgIpc) is 3.16. The first kappa shape index (κ1) is 13.7. The topological polar surface area (TPSA) is 75.2 Å². The number of nitrogens with zero attached hydrogens (tertiary/aromatic N) is 3. The summed E-state index contributed by atoms with van der Waals surface area (Å²) in [5.41, 5.74) is 3.68. The zero-order valence-electron chi connectivity index (χ0n) is 11.3. The molecule has 21 heavy (non-hydrogen) atoms. The Bertz CT molecular complexity index is 657. The SMILES string of the molecule is O=C(NCc1cncc(N2CCCC2=O)c1)c1cscn1. The van der Waals surface area contributed by atoms with Gasteiger partial charge in [-0.2, -0.15) is 0 Å². The van der Waals surface area contributed by atoms with E-state index in [2.05, 4.69) is 15.3 Å². The summed E-state index contributed by atoms with van der Waals surface area (Å²) in [6, 6.07) is 1.89. The van der Waals surface area contributed by atoms with Gasteiger partial charge in [0.25, 0.3) is 5.91 Å². The first-order valence-corrected chi connectivity index (χ1v) is 7.59. The van der Waals surface area contributed by atoms with Crippen LogP contribution in [0.25, 0.3) is 0 Å². The Morgan fingerprint density at radius 3 is 3.05 bits per heavy atom. The standard InChI is InChI=1S/C14H14N4O2S/c19-13-2-1-3-18(13)11-4-10(5-15-7-11)6-16-14(20)12-8-21-9-17-12/h4-5,7-9H,1-3,6H2,(H,16,20). The summed E-state index contributed by atoms with van der Waals surface area (Å²) < 4.78 is 0. The first-order valence-electron chi connectivity index (χ1n) is 6.65. The van der Waals surface area contributed by atoms with Gasteiger partial charge in [0.2, 0.25) is 5.91 Å². The van der Waals surface area contributed by atoms with Crippen molar-refractivity contribution in [3.05, 3.63) is 40.6 Å². The monoisotopic (exact) mass is 302 g/mol. The molecule has 0 atom stereocenters. The highest BCUT2D eigenvalue weighted by atomic mass is 32.1. The Morgan fingerprint density at radius 2 is 2.33 bits per heavy atom. The highest BCUT2D eigenvalue weighted by molar-refractivity contribution is 7.07. The van der Waals surface area contributed by atoms with Crippen molar-refractivity contribution in [1.29, 1.82) is 0 Å². The van der Waals surface area contributed by atoms with Gasteiger partial charge >= 0.3 is 0 Å². The second-order valence-electron chi connectivity index (χ2n) is 4.76. The molecule has 1 fully saturated rings. The van der Waals surface area contributed by atoms with Gasteiger partial charge in [0.05, 0.1) is 17.4 Å². The Hall–Kier alpha value is -2.28. The minimum absolute atomic E-state index is 0.125. The van der Waals surface area contributed by atoms with Crippen LogP contribution in [-0.2, 0) is 11.3 Å². The molecule has 0 unspecified atom stereocenters. The molecule has 2 aromatic heterocycles. The summed E-state index contributed by atoms with van der Waals surface area (Å²) in [5.74, 6) is -0.0839. The van der Waals surface area contributed by atoms with Crippen LogP contribution in [0.1, 0.15) is 28.9 Å². The van der Waals surface area contributed by atoms with E-state index in [1.165, 1.54) is 11.3 Å². The molecule has 0 bridgehead atoms. The predicted molar refractivity (Wildman–Crippen MR) is 79.1 cm³/mol. The third-order valence-corrected chi connectivity index (χ3v) is 3.87. The van der Waals surface area contributed by atoms with Crippen molar-refractivity contribution in [3.8, 4) is 0 Å². The number of pyridine rings is 1. The van der Waals surface area contributed by atoms with E-state index >= 15 is 0 Å². The summed E-state index contributed by atoms with van der Waals surface area (Å²) >= 11 is 1.38. The second-order valence-corrected chi connectivity index (χ2v) is 5.48. The van der Waals surface area contributed by atoms with Gasteiger partial charge in [-0.05, 0) is 18.1 Å². The molecule has 0 aliphatic carbocycles. The van der Waals surface area contributed by atoms with Gasteiger partial charge < -0.3 is 10.2 Å². The van der Waals surface area contributed by atoms with Crippen LogP contribution in [0.3, 0.4) is 0 Å². The van der Waals surface area contributed by atoms with E-state index in [0.717, 1.165) is 24.2 Å². The van der Waals surface area contributed by atoms with Crippen LogP contribution in [-0.4, -0.2) is 28.3 Å². The highest BCUT2D eigenvalue weighted by Gasteiger charge is 2.22. The average molecular weight is 302 g/mol. The van der Waals surface area contributed by atoms with Gasteiger partial charge in [0.15, 0.2) is 0 Å². The van der Waals surface area contributed by atoms with E-state index in [0.29, 0.717) is 18.7 Å². The molecule has 3 heterocycles. The molecule has 7 heteroatoms. The van der Waals surface area contributed by atoms with E-state index < -0.39 is 0 Å². The van der Waals surface area contributed by atoms with Crippen LogP contribution in [0.2, 0.25) is 0 Å². The molecule has 1 aliphatic heterocycles. The van der Waals surface area contributed by atoms with E-state index in [4.69, 9.17) is 0 Å². The number of hydrogen-bond donors (Lipinski definition) is 1. The Labute approximate surface area is 125 Å². The fourth-order valence-corrected chi connectivity index (χ4v) is 2.77. The van der Waals surface area contributed by atoms with E-state index in [-0.39, 0.29) is 11.8 Å². The Morgan fingerprint density at radius 1 is 1.43 bits per heavy atom. The summed E-state index contributed by atoms with van der Waals surface area (Å²) in [6.45, 7) is 1.09. The van der Waals surface area contributed by atoms with Crippen molar-refractivity contribution in [2.24, 2.45) is 0 Å². The maximum absolute atomic E-state index is 11.8. The molecule has 108 valence electrons. The van der Waals surface area contributed by atoms with Gasteiger partial charge in [0.1, 0.15) is 5.69 Å². The summed E-state index contributed by atoms with van der Waals surface area (Å²) in [6.07, 6.45) is 4.83. The van der Waals surface area contributed by atoms with Gasteiger partial charge in [-0.1, -0.05) is 0 Å². The minimum atomic E-state index is -0.209. The van der Waals surface area contributed by atoms with Crippen LogP contribution in [0.4, 0.5) is 5.69 Å². The largest absolute Gasteiger partial charge is 0.347 e. The van der Waals surface area contributed by atoms with Crippen LogP contribution in [0.5, 0.6) is 0 Å². The zero-order chi connectivity index (χ0) is 14.7. The molecular weight excluding hydrogens is 288 g/mol. The lowest BCUT2D eigenvalue weighted by atomic mass is 10.2. The second kappa shape index (κ2) is 6.01. The molecule has 0 spiro atoms. The lowest BCUT2D eigenvalue weighted by Crippen LogP contribution is -2.25. The predicted octanol–water partition coefficient (Wildman–Crippen LogP) is 1.59. The number of aromatic nitrogens is 2. The quantitative estimate of drug-likeness (QED) is 0.930. The Kier molecular flexibility index (Phi) is 3.92. The van der Waals surface area contributed by atoms with Gasteiger partial charge in [-0.3, -0.25) is 14.6 Å². The molecule has 0 aromatic carbocycles. The fraction of sp³-hybridized carbons (Fsp3) is 0.286. The minimum Gasteiger partial charge on any atom is -0.347 e. The molecule has 0 saturated carbocycles. The number of carbonyl (C=O) groups is 2. The van der Waals surface area contributed by atoms with Gasteiger partial charge in [0, 0.05) is 31.1 Å². The molecule has 3 rings (SSSR count). The molecular formula is C14H14N4O2S. The molecule has 1 N–H and O–H groups in total. The number of carbonyl (C=O) groups excluding carboxylic acids is 2. The van der Waals surface area contributed by atoms with Crippen molar-refractivity contribution < 1.29 is 9.59 Å². The van der Waals surface area contributed by atoms with Crippen molar-refractivity contribution in [2.45, 2.75) is 19.4 Å². The molecule has 0 radical (unpaired) electrons. The van der Waals surface area contributed by atoms with Crippen LogP contribution in [0, 0.1) is 0 Å². The number of rotatable bonds is 4. The maximum atomic E-state index is 11.8. The maximum Gasteiger partial charge on any atom is 0.271 e. The van der Waals surface area contributed by atoms with E-state index in [1.54, 1.807) is 28.2 Å². The molecule has 6 nitrogen and oxygen atoms in total. The Balaban J connectivity index is 1.66. The van der Waals surface area contributed by atoms with Crippen molar-refractivity contribution in [3.63, 3.8) is 0 Å². The van der Waals surface area contributed by atoms with Gasteiger partial charge in [-0.25, -0.2) is 4.98 Å². The number of hydrogen-bond acceptors (Lipinski definition) is 5. The van der Waals surface area contributed by atoms with Gasteiger partial charge in [-0.15, -0.1) is 11.3 Å². The normalized spacial score (nSPS) is 14.5. The molecule has 1 saturated heterocycles. The highest BCUT2D eigenvalue weighted by Crippen LogP contribution is 2.21. The van der Waals surface area contributed by atoms with E-state index in [9.17, 15) is 9.59 Å². The number of anilines is 1. The van der Waals surface area contributed by atoms with Crippen molar-refractivity contribution >= 4 is 28.8 Å². The number of thiazole rings is 1. The summed E-state index contributed by atoms with van der Waals surface area (Å²) in [5, 5.41) is 4.49. The van der Waals surface area contributed by atoms with Crippen LogP contribution in [0.15, 0.2) is 29.4 Å². The van der Waals surface area contributed by atoms with Crippen LogP contribution >= 0.6 is 11.3 Å². The molecule has 1 aliphatic rings. The lowest BCUT2D eigenvalue weighted by molar-refractivity contribution is -0.117. The third-order valence-electron chi connectivity index (χ3n) is 3.28.